The van der Waals surface area contributed by atoms with Crippen LogP contribution in [-0.4, -0.2) is 57.9 Å². The Kier molecular flexibility index (Phi) is 8.61. The van der Waals surface area contributed by atoms with Gasteiger partial charge in [0.25, 0.3) is 0 Å². The van der Waals surface area contributed by atoms with Gasteiger partial charge in [-0.15, -0.1) is 11.8 Å². The van der Waals surface area contributed by atoms with Crippen molar-refractivity contribution in [3.8, 4) is 17.2 Å². The molecule has 7 nitrogen and oxygen atoms in total. The smallest absolute Gasteiger partial charge is 0.246 e. The summed E-state index contributed by atoms with van der Waals surface area (Å²) < 4.78 is 15.9. The van der Waals surface area contributed by atoms with Crippen molar-refractivity contribution in [2.75, 3.05) is 46.5 Å². The van der Waals surface area contributed by atoms with Gasteiger partial charge in [0.15, 0.2) is 11.5 Å². The number of nitrogens with zero attached hydrogens (tertiary/aromatic N) is 1. The Morgan fingerprint density at radius 2 is 1.70 bits per heavy atom. The average molecular weight is 431 g/mol. The number of hydrogen-bond donors (Lipinski definition) is 1. The summed E-state index contributed by atoms with van der Waals surface area (Å²) in [5.74, 6) is 0.877. The van der Waals surface area contributed by atoms with E-state index in [4.69, 9.17) is 14.2 Å². The fourth-order valence-electron chi connectivity index (χ4n) is 2.72. The molecular formula is C22H26N2O5S. The number of hydrogen-bond acceptors (Lipinski definition) is 6. The molecule has 8 heteroatoms. The van der Waals surface area contributed by atoms with Crippen LogP contribution in [0.1, 0.15) is 5.56 Å². The van der Waals surface area contributed by atoms with Gasteiger partial charge in [-0.05, 0) is 42.2 Å². The quantitative estimate of drug-likeness (QED) is 0.484. The number of benzene rings is 2. The van der Waals surface area contributed by atoms with Crippen molar-refractivity contribution in [1.29, 1.82) is 0 Å². The van der Waals surface area contributed by atoms with E-state index in [0.717, 1.165) is 10.6 Å². The standard InChI is InChI=1S/C22H26N2O5S/c1-24(14-20(25)23-16-8-6-7-9-19(16)30-5)21(26)11-10-15-12-17(27-2)22(29-4)18(13-15)28-3/h6-13H,14H2,1-5H3,(H,23,25)/b11-10+. The molecule has 0 saturated carbocycles. The van der Waals surface area contributed by atoms with Crippen molar-refractivity contribution >= 4 is 35.3 Å². The number of ether oxygens (including phenoxy) is 3. The summed E-state index contributed by atoms with van der Waals surface area (Å²) in [7, 11) is 6.15. The van der Waals surface area contributed by atoms with Crippen LogP contribution >= 0.6 is 11.8 Å². The lowest BCUT2D eigenvalue weighted by Crippen LogP contribution is -2.33. The van der Waals surface area contributed by atoms with Crippen molar-refractivity contribution < 1.29 is 23.8 Å². The summed E-state index contributed by atoms with van der Waals surface area (Å²) in [4.78, 5) is 27.0. The number of anilines is 1. The summed E-state index contributed by atoms with van der Waals surface area (Å²) in [6.45, 7) is -0.0683. The lowest BCUT2D eigenvalue weighted by molar-refractivity contribution is -0.129. The van der Waals surface area contributed by atoms with Crippen molar-refractivity contribution in [3.63, 3.8) is 0 Å². The fraction of sp³-hybridized carbons (Fsp3) is 0.273. The second-order valence-electron chi connectivity index (χ2n) is 6.23. The van der Waals surface area contributed by atoms with E-state index in [2.05, 4.69) is 5.32 Å². The Hall–Kier alpha value is -3.13. The van der Waals surface area contributed by atoms with Gasteiger partial charge in [0, 0.05) is 18.0 Å². The Labute approximate surface area is 181 Å². The normalized spacial score (nSPS) is 10.6. The second kappa shape index (κ2) is 11.2. The van der Waals surface area contributed by atoms with Gasteiger partial charge in [-0.25, -0.2) is 0 Å². The number of nitrogens with one attached hydrogen (secondary N) is 1. The predicted octanol–water partition coefficient (Wildman–Crippen LogP) is 3.54. The first-order valence-electron chi connectivity index (χ1n) is 9.09. The third kappa shape index (κ3) is 5.93. The van der Waals surface area contributed by atoms with Crippen LogP contribution in [-0.2, 0) is 9.59 Å². The summed E-state index contributed by atoms with van der Waals surface area (Å²) in [5, 5.41) is 2.84. The monoisotopic (exact) mass is 430 g/mol. The van der Waals surface area contributed by atoms with Gasteiger partial charge >= 0.3 is 0 Å². The van der Waals surface area contributed by atoms with Gasteiger partial charge in [0.2, 0.25) is 17.6 Å². The van der Waals surface area contributed by atoms with Crippen molar-refractivity contribution in [2.24, 2.45) is 0 Å². The van der Waals surface area contributed by atoms with Crippen LogP contribution in [0.25, 0.3) is 6.08 Å². The van der Waals surface area contributed by atoms with Gasteiger partial charge in [-0.2, -0.15) is 0 Å². The van der Waals surface area contributed by atoms with Crippen LogP contribution in [0.15, 0.2) is 47.4 Å². The Morgan fingerprint density at radius 1 is 1.07 bits per heavy atom. The van der Waals surface area contributed by atoms with E-state index in [1.54, 1.807) is 37.0 Å². The molecule has 0 spiro atoms. The van der Waals surface area contributed by atoms with Crippen LogP contribution in [0.3, 0.4) is 0 Å². The van der Waals surface area contributed by atoms with Crippen LogP contribution in [0.4, 0.5) is 5.69 Å². The number of carbonyl (C=O) groups excluding carboxylic acids is 2. The Morgan fingerprint density at radius 3 is 2.27 bits per heavy atom. The van der Waals surface area contributed by atoms with E-state index >= 15 is 0 Å². The molecule has 0 aliphatic rings. The van der Waals surface area contributed by atoms with Gasteiger partial charge in [-0.3, -0.25) is 9.59 Å². The van der Waals surface area contributed by atoms with E-state index in [9.17, 15) is 9.59 Å². The molecule has 0 saturated heterocycles. The maximum Gasteiger partial charge on any atom is 0.246 e. The molecule has 2 amide bonds. The number of carbonyl (C=O) groups is 2. The van der Waals surface area contributed by atoms with Crippen LogP contribution < -0.4 is 19.5 Å². The molecule has 2 aromatic carbocycles. The highest BCUT2D eigenvalue weighted by Gasteiger charge is 2.14. The number of para-hydroxylation sites is 1. The topological polar surface area (TPSA) is 77.1 Å². The molecule has 0 aliphatic heterocycles. The van der Waals surface area contributed by atoms with Crippen LogP contribution in [0.2, 0.25) is 0 Å². The maximum absolute atomic E-state index is 12.4. The Bertz CT molecular complexity index is 904. The molecule has 2 aromatic rings. The molecule has 0 heterocycles. The zero-order chi connectivity index (χ0) is 22.1. The van der Waals surface area contributed by atoms with Crippen molar-refractivity contribution in [2.45, 2.75) is 4.90 Å². The molecule has 1 N–H and O–H groups in total. The van der Waals surface area contributed by atoms with Gasteiger partial charge in [0.05, 0.1) is 33.6 Å². The van der Waals surface area contributed by atoms with E-state index in [-0.39, 0.29) is 18.4 Å². The van der Waals surface area contributed by atoms with Gasteiger partial charge < -0.3 is 24.4 Å². The minimum Gasteiger partial charge on any atom is -0.493 e. The molecule has 0 unspecified atom stereocenters. The maximum atomic E-state index is 12.4. The first-order valence-corrected chi connectivity index (χ1v) is 10.3. The number of thioether (sulfide) groups is 1. The third-order valence-electron chi connectivity index (χ3n) is 4.24. The summed E-state index contributed by atoms with van der Waals surface area (Å²) in [5.41, 5.74) is 1.42. The largest absolute Gasteiger partial charge is 0.493 e. The second-order valence-corrected chi connectivity index (χ2v) is 7.08. The molecule has 0 bridgehead atoms. The lowest BCUT2D eigenvalue weighted by atomic mass is 10.1. The number of methoxy groups -OCH3 is 3. The van der Waals surface area contributed by atoms with Crippen LogP contribution in [0, 0.1) is 0 Å². The average Bonchev–Trinajstić information content (AvgIpc) is 2.76. The molecule has 0 radical (unpaired) electrons. The highest BCUT2D eigenvalue weighted by atomic mass is 32.2. The summed E-state index contributed by atoms with van der Waals surface area (Å²) >= 11 is 1.54. The van der Waals surface area contributed by atoms with Crippen LogP contribution in [0.5, 0.6) is 17.2 Å². The molecule has 30 heavy (non-hydrogen) atoms. The number of rotatable bonds is 9. The molecule has 0 aliphatic carbocycles. The molecule has 0 fully saturated rings. The molecular weight excluding hydrogens is 404 g/mol. The van der Waals surface area contributed by atoms with Crippen molar-refractivity contribution in [3.05, 3.63) is 48.0 Å². The highest BCUT2D eigenvalue weighted by Crippen LogP contribution is 2.38. The minimum absolute atomic E-state index is 0.0683. The molecule has 0 atom stereocenters. The molecule has 0 aromatic heterocycles. The SMILES string of the molecule is COc1cc(/C=C/C(=O)N(C)CC(=O)Nc2ccccc2SC)cc(OC)c1OC. The summed E-state index contributed by atoms with van der Waals surface area (Å²) in [6, 6.07) is 11.0. The zero-order valence-corrected chi connectivity index (χ0v) is 18.5. The van der Waals surface area contributed by atoms with E-state index < -0.39 is 0 Å². The van der Waals surface area contributed by atoms with E-state index in [0.29, 0.717) is 22.8 Å². The van der Waals surface area contributed by atoms with E-state index in [1.165, 1.54) is 32.3 Å². The molecule has 160 valence electrons. The predicted molar refractivity (Wildman–Crippen MR) is 120 cm³/mol. The third-order valence-corrected chi connectivity index (χ3v) is 5.04. The number of likely N-dealkylation sites (N-methyl/N-ethyl adjacent to an activating group) is 1. The van der Waals surface area contributed by atoms with Crippen molar-refractivity contribution in [1.82, 2.24) is 4.90 Å². The van der Waals surface area contributed by atoms with Gasteiger partial charge in [0.1, 0.15) is 0 Å². The minimum atomic E-state index is -0.308. The van der Waals surface area contributed by atoms with Gasteiger partial charge in [-0.1, -0.05) is 12.1 Å². The summed E-state index contributed by atoms with van der Waals surface area (Å²) in [6.07, 6.45) is 4.96. The molecule has 2 rings (SSSR count). The first-order chi connectivity index (χ1) is 14.4. The fourth-order valence-corrected chi connectivity index (χ4v) is 3.28. The lowest BCUT2D eigenvalue weighted by Gasteiger charge is -2.16. The number of amides is 2. The van der Waals surface area contributed by atoms with E-state index in [1.807, 2.05) is 30.5 Å². The Balaban J connectivity index is 2.04. The first kappa shape index (κ1) is 23.2. The highest BCUT2D eigenvalue weighted by molar-refractivity contribution is 7.98. The zero-order valence-electron chi connectivity index (χ0n) is 17.7.